The van der Waals surface area contributed by atoms with Gasteiger partial charge in [-0.05, 0) is 12.1 Å². The van der Waals surface area contributed by atoms with E-state index in [0.717, 1.165) is 15.5 Å². The molecule has 2 aromatic heterocycles. The van der Waals surface area contributed by atoms with Crippen molar-refractivity contribution < 1.29 is 4.39 Å². The van der Waals surface area contributed by atoms with Gasteiger partial charge in [-0.1, -0.05) is 38.2 Å². The van der Waals surface area contributed by atoms with Crippen LogP contribution in [0.15, 0.2) is 23.6 Å². The van der Waals surface area contributed by atoms with Gasteiger partial charge >= 0.3 is 0 Å². The molecule has 0 radical (unpaired) electrons. The van der Waals surface area contributed by atoms with Gasteiger partial charge in [0.25, 0.3) is 0 Å². The molecule has 104 valence electrons. The van der Waals surface area contributed by atoms with Gasteiger partial charge in [0.2, 0.25) is 0 Å². The summed E-state index contributed by atoms with van der Waals surface area (Å²) in [5.74, 6) is -0.290. The zero-order valence-corrected chi connectivity index (χ0v) is 13.0. The fraction of sp³-hybridized carbons (Fsp3) is 0.286. The summed E-state index contributed by atoms with van der Waals surface area (Å²) in [5, 5.41) is 6.65. The number of para-hydroxylation sites is 1. The quantitative estimate of drug-likeness (QED) is 0.729. The average Bonchev–Trinajstić information content (AvgIpc) is 2.96. The van der Waals surface area contributed by atoms with Crippen molar-refractivity contribution in [2.45, 2.75) is 26.2 Å². The first-order valence-electron chi connectivity index (χ1n) is 6.21. The van der Waals surface area contributed by atoms with Gasteiger partial charge in [-0.2, -0.15) is 0 Å². The first-order valence-corrected chi connectivity index (χ1v) is 7.91. The monoisotopic (exact) mass is 307 g/mol. The van der Waals surface area contributed by atoms with Crippen LogP contribution in [0.3, 0.4) is 0 Å². The molecule has 20 heavy (non-hydrogen) atoms. The van der Waals surface area contributed by atoms with E-state index < -0.39 is 0 Å². The van der Waals surface area contributed by atoms with Gasteiger partial charge in [0.1, 0.15) is 11.3 Å². The maximum atomic E-state index is 13.6. The lowest BCUT2D eigenvalue weighted by molar-refractivity contribution is 0.573. The molecule has 0 aliphatic carbocycles. The molecule has 1 aromatic carbocycles. The Hall–Kier alpha value is -1.53. The maximum Gasteiger partial charge on any atom is 0.190 e. The molecular formula is C14H14FN3S2. The van der Waals surface area contributed by atoms with Crippen molar-refractivity contribution in [2.75, 3.05) is 5.32 Å². The molecule has 0 bridgehead atoms. The SMILES string of the molecule is CC(C)(C)c1csc(Nc2nc3c(F)cccc3s2)n1. The fourth-order valence-corrected chi connectivity index (χ4v) is 3.62. The van der Waals surface area contributed by atoms with Gasteiger partial charge in [-0.25, -0.2) is 14.4 Å². The Labute approximate surface area is 124 Å². The zero-order valence-electron chi connectivity index (χ0n) is 11.4. The first-order chi connectivity index (χ1) is 9.43. The Bertz CT molecular complexity index is 755. The van der Waals surface area contributed by atoms with Gasteiger partial charge in [0.05, 0.1) is 10.4 Å². The number of benzene rings is 1. The Morgan fingerprint density at radius 1 is 1.15 bits per heavy atom. The van der Waals surface area contributed by atoms with E-state index in [1.54, 1.807) is 6.07 Å². The topological polar surface area (TPSA) is 37.8 Å². The average molecular weight is 307 g/mol. The Balaban J connectivity index is 1.90. The number of hydrogen-bond acceptors (Lipinski definition) is 5. The minimum Gasteiger partial charge on any atom is -0.307 e. The van der Waals surface area contributed by atoms with Crippen LogP contribution < -0.4 is 5.32 Å². The third-order valence-electron chi connectivity index (χ3n) is 2.86. The van der Waals surface area contributed by atoms with E-state index in [1.807, 2.05) is 11.4 Å². The summed E-state index contributed by atoms with van der Waals surface area (Å²) in [5.41, 5.74) is 1.47. The number of rotatable bonds is 2. The summed E-state index contributed by atoms with van der Waals surface area (Å²) in [6.07, 6.45) is 0. The molecule has 3 nitrogen and oxygen atoms in total. The van der Waals surface area contributed by atoms with Gasteiger partial charge in [0, 0.05) is 10.8 Å². The third kappa shape index (κ3) is 2.53. The molecule has 6 heteroatoms. The second kappa shape index (κ2) is 4.79. The van der Waals surface area contributed by atoms with Crippen molar-refractivity contribution in [1.29, 1.82) is 0 Å². The highest BCUT2D eigenvalue weighted by molar-refractivity contribution is 7.22. The minimum absolute atomic E-state index is 0.0239. The lowest BCUT2D eigenvalue weighted by atomic mass is 9.93. The molecule has 2 heterocycles. The molecular weight excluding hydrogens is 293 g/mol. The Morgan fingerprint density at radius 2 is 1.95 bits per heavy atom. The van der Waals surface area contributed by atoms with E-state index >= 15 is 0 Å². The highest BCUT2D eigenvalue weighted by atomic mass is 32.1. The molecule has 0 atom stereocenters. The fourth-order valence-electron chi connectivity index (χ4n) is 1.74. The number of nitrogens with zero attached hydrogens (tertiary/aromatic N) is 2. The molecule has 0 saturated heterocycles. The minimum atomic E-state index is -0.290. The van der Waals surface area contributed by atoms with Crippen LogP contribution in [0.1, 0.15) is 26.5 Å². The normalized spacial score (nSPS) is 12.0. The number of nitrogens with one attached hydrogen (secondary N) is 1. The van der Waals surface area contributed by atoms with E-state index in [1.165, 1.54) is 28.7 Å². The summed E-state index contributed by atoms with van der Waals surface area (Å²) in [7, 11) is 0. The van der Waals surface area contributed by atoms with Crippen molar-refractivity contribution in [3.05, 3.63) is 35.1 Å². The van der Waals surface area contributed by atoms with Gasteiger partial charge in [0.15, 0.2) is 10.3 Å². The van der Waals surface area contributed by atoms with Crippen LogP contribution in [0.25, 0.3) is 10.2 Å². The van der Waals surface area contributed by atoms with Gasteiger partial charge < -0.3 is 5.32 Å². The smallest absolute Gasteiger partial charge is 0.190 e. The Kier molecular flexibility index (Phi) is 3.22. The number of anilines is 2. The van der Waals surface area contributed by atoms with Crippen LogP contribution in [0.5, 0.6) is 0 Å². The molecule has 0 aliphatic rings. The predicted octanol–water partition coefficient (Wildman–Crippen LogP) is 4.93. The molecule has 0 aliphatic heterocycles. The van der Waals surface area contributed by atoms with Crippen molar-refractivity contribution in [2.24, 2.45) is 0 Å². The highest BCUT2D eigenvalue weighted by Crippen LogP contribution is 2.32. The summed E-state index contributed by atoms with van der Waals surface area (Å²) < 4.78 is 14.4. The van der Waals surface area contributed by atoms with Crippen LogP contribution in [-0.2, 0) is 5.41 Å². The number of aromatic nitrogens is 2. The molecule has 0 saturated carbocycles. The summed E-state index contributed by atoms with van der Waals surface area (Å²) in [6.45, 7) is 6.37. The summed E-state index contributed by atoms with van der Waals surface area (Å²) in [6, 6.07) is 4.98. The van der Waals surface area contributed by atoms with E-state index in [9.17, 15) is 4.39 Å². The van der Waals surface area contributed by atoms with Crippen LogP contribution in [-0.4, -0.2) is 9.97 Å². The lowest BCUT2D eigenvalue weighted by Gasteiger charge is -2.14. The van der Waals surface area contributed by atoms with Crippen molar-refractivity contribution in [3.8, 4) is 0 Å². The number of hydrogen-bond donors (Lipinski definition) is 1. The number of thiazole rings is 2. The largest absolute Gasteiger partial charge is 0.307 e. The predicted molar refractivity (Wildman–Crippen MR) is 83.7 cm³/mol. The van der Waals surface area contributed by atoms with Crippen LogP contribution in [0, 0.1) is 5.82 Å². The van der Waals surface area contributed by atoms with Crippen molar-refractivity contribution >= 4 is 43.2 Å². The maximum absolute atomic E-state index is 13.6. The van der Waals surface area contributed by atoms with Crippen LogP contribution in [0.4, 0.5) is 14.7 Å². The second-order valence-electron chi connectivity index (χ2n) is 5.52. The van der Waals surface area contributed by atoms with Crippen LogP contribution in [0.2, 0.25) is 0 Å². The molecule has 3 aromatic rings. The van der Waals surface area contributed by atoms with Crippen molar-refractivity contribution in [3.63, 3.8) is 0 Å². The standard InChI is InChI=1S/C14H14FN3S2/c1-14(2,3)10-7-19-12(16-10)18-13-17-11-8(15)5-4-6-9(11)20-13/h4-7H,1-3H3,(H,16,17,18). The van der Waals surface area contributed by atoms with E-state index in [-0.39, 0.29) is 11.2 Å². The van der Waals surface area contributed by atoms with Crippen molar-refractivity contribution in [1.82, 2.24) is 9.97 Å². The zero-order chi connectivity index (χ0) is 14.3. The first kappa shape index (κ1) is 13.5. The molecule has 0 spiro atoms. The summed E-state index contributed by atoms with van der Waals surface area (Å²) in [4.78, 5) is 8.83. The number of fused-ring (bicyclic) bond motifs is 1. The molecule has 3 rings (SSSR count). The highest BCUT2D eigenvalue weighted by Gasteiger charge is 2.18. The van der Waals surface area contributed by atoms with Crippen LogP contribution >= 0.6 is 22.7 Å². The van der Waals surface area contributed by atoms with E-state index in [0.29, 0.717) is 10.6 Å². The molecule has 0 amide bonds. The summed E-state index contributed by atoms with van der Waals surface area (Å²) >= 11 is 2.96. The van der Waals surface area contributed by atoms with E-state index in [4.69, 9.17) is 0 Å². The molecule has 1 N–H and O–H groups in total. The van der Waals surface area contributed by atoms with Gasteiger partial charge in [-0.3, -0.25) is 0 Å². The Morgan fingerprint density at radius 3 is 2.60 bits per heavy atom. The second-order valence-corrected chi connectivity index (χ2v) is 7.41. The molecule has 0 fully saturated rings. The number of halogens is 1. The third-order valence-corrected chi connectivity index (χ3v) is 4.55. The lowest BCUT2D eigenvalue weighted by Crippen LogP contribution is -2.11. The van der Waals surface area contributed by atoms with Gasteiger partial charge in [-0.15, -0.1) is 11.3 Å². The molecule has 0 unspecified atom stereocenters. The van der Waals surface area contributed by atoms with E-state index in [2.05, 4.69) is 36.1 Å².